The molecule has 2 aromatic rings. The van der Waals surface area contributed by atoms with Gasteiger partial charge in [-0.25, -0.2) is 4.98 Å². The van der Waals surface area contributed by atoms with Crippen molar-refractivity contribution >= 4 is 0 Å². The smallest absolute Gasteiger partial charge is 0.0953 e. The van der Waals surface area contributed by atoms with Gasteiger partial charge in [0.05, 0.1) is 30.0 Å². The lowest BCUT2D eigenvalue weighted by atomic mass is 10.3. The molecular weight excluding hydrogens is 226 g/mol. The largest absolute Gasteiger partial charge is 0.331 e. The molecule has 0 fully saturated rings. The van der Waals surface area contributed by atoms with Gasteiger partial charge in [-0.3, -0.25) is 4.68 Å². The molecule has 0 aliphatic rings. The highest BCUT2D eigenvalue weighted by atomic mass is 15.3. The van der Waals surface area contributed by atoms with E-state index < -0.39 is 0 Å². The summed E-state index contributed by atoms with van der Waals surface area (Å²) in [6.45, 7) is 6.87. The van der Waals surface area contributed by atoms with Gasteiger partial charge < -0.3 is 9.88 Å². The fourth-order valence-electron chi connectivity index (χ4n) is 1.98. The predicted octanol–water partition coefficient (Wildman–Crippen LogP) is 1.47. The average Bonchev–Trinajstić information content (AvgIpc) is 2.88. The molecule has 0 atom stereocenters. The van der Waals surface area contributed by atoms with Gasteiger partial charge in [-0.15, -0.1) is 0 Å². The minimum Gasteiger partial charge on any atom is -0.331 e. The molecule has 5 nitrogen and oxygen atoms in total. The van der Waals surface area contributed by atoms with Crippen molar-refractivity contribution in [2.24, 2.45) is 7.05 Å². The number of aromatic nitrogens is 4. The van der Waals surface area contributed by atoms with E-state index in [0.29, 0.717) is 0 Å². The summed E-state index contributed by atoms with van der Waals surface area (Å²) in [5.41, 5.74) is 3.33. The van der Waals surface area contributed by atoms with Crippen LogP contribution in [0.3, 0.4) is 0 Å². The van der Waals surface area contributed by atoms with Crippen molar-refractivity contribution in [3.8, 4) is 0 Å². The minimum absolute atomic E-state index is 0.818. The summed E-state index contributed by atoms with van der Waals surface area (Å²) in [4.78, 5) is 4.39. The zero-order valence-electron chi connectivity index (χ0n) is 11.3. The summed E-state index contributed by atoms with van der Waals surface area (Å²) in [5, 5.41) is 7.70. The Morgan fingerprint density at radius 3 is 2.89 bits per heavy atom. The zero-order valence-corrected chi connectivity index (χ0v) is 11.3. The Labute approximate surface area is 108 Å². The lowest BCUT2D eigenvalue weighted by Gasteiger charge is -2.02. The standard InChI is InChI=1S/C13H21N5/c1-4-5-14-7-12-8-18(10-15-12)9-13-6-11(2)16-17(13)3/h6,8,10,14H,4-5,7,9H2,1-3H3. The van der Waals surface area contributed by atoms with Gasteiger partial charge in [0.25, 0.3) is 0 Å². The van der Waals surface area contributed by atoms with E-state index in [9.17, 15) is 0 Å². The SMILES string of the molecule is CCCNCc1cn(Cc2cc(C)nn2C)cn1. The fourth-order valence-corrected chi connectivity index (χ4v) is 1.98. The number of aryl methyl sites for hydroxylation is 2. The molecule has 5 heteroatoms. The van der Waals surface area contributed by atoms with Crippen LogP contribution in [0.25, 0.3) is 0 Å². The van der Waals surface area contributed by atoms with Gasteiger partial charge in [0.2, 0.25) is 0 Å². The number of nitrogens with one attached hydrogen (secondary N) is 1. The van der Waals surface area contributed by atoms with Gasteiger partial charge in [0.15, 0.2) is 0 Å². The number of imidazole rings is 1. The molecule has 0 radical (unpaired) electrons. The summed E-state index contributed by atoms with van der Waals surface area (Å²) < 4.78 is 4.02. The van der Waals surface area contributed by atoms with Gasteiger partial charge in [0, 0.05) is 19.8 Å². The topological polar surface area (TPSA) is 47.7 Å². The maximum Gasteiger partial charge on any atom is 0.0953 e. The summed E-state index contributed by atoms with van der Waals surface area (Å²) in [6.07, 6.45) is 5.12. The van der Waals surface area contributed by atoms with Crippen molar-refractivity contribution in [1.82, 2.24) is 24.6 Å². The van der Waals surface area contributed by atoms with Crippen molar-refractivity contribution in [1.29, 1.82) is 0 Å². The van der Waals surface area contributed by atoms with Crippen LogP contribution >= 0.6 is 0 Å². The maximum atomic E-state index is 4.39. The first-order valence-corrected chi connectivity index (χ1v) is 6.40. The van der Waals surface area contributed by atoms with E-state index in [1.807, 2.05) is 25.0 Å². The predicted molar refractivity (Wildman–Crippen MR) is 71.3 cm³/mol. The average molecular weight is 247 g/mol. The Hall–Kier alpha value is -1.62. The van der Waals surface area contributed by atoms with Gasteiger partial charge in [0.1, 0.15) is 0 Å². The van der Waals surface area contributed by atoms with Crippen molar-refractivity contribution in [2.45, 2.75) is 33.4 Å². The van der Waals surface area contributed by atoms with Crippen LogP contribution in [0.15, 0.2) is 18.6 Å². The summed E-state index contributed by atoms with van der Waals surface area (Å²) in [5.74, 6) is 0. The lowest BCUT2D eigenvalue weighted by molar-refractivity contribution is 0.657. The first-order chi connectivity index (χ1) is 8.69. The highest BCUT2D eigenvalue weighted by Crippen LogP contribution is 2.05. The van der Waals surface area contributed by atoms with E-state index in [-0.39, 0.29) is 0 Å². The molecule has 0 aliphatic heterocycles. The van der Waals surface area contributed by atoms with Crippen LogP contribution in [-0.4, -0.2) is 25.9 Å². The van der Waals surface area contributed by atoms with Crippen LogP contribution in [0.5, 0.6) is 0 Å². The van der Waals surface area contributed by atoms with Crippen molar-refractivity contribution in [2.75, 3.05) is 6.54 Å². The minimum atomic E-state index is 0.818. The van der Waals surface area contributed by atoms with Crippen LogP contribution in [0, 0.1) is 6.92 Å². The monoisotopic (exact) mass is 247 g/mol. The van der Waals surface area contributed by atoms with Crippen LogP contribution in [0.1, 0.15) is 30.4 Å². The number of hydrogen-bond acceptors (Lipinski definition) is 3. The second-order valence-corrected chi connectivity index (χ2v) is 4.61. The molecule has 98 valence electrons. The normalized spacial score (nSPS) is 11.1. The molecular formula is C13H21N5. The Morgan fingerprint density at radius 2 is 2.22 bits per heavy atom. The van der Waals surface area contributed by atoms with Crippen LogP contribution in [-0.2, 0) is 20.1 Å². The maximum absolute atomic E-state index is 4.39. The molecule has 0 saturated heterocycles. The number of rotatable bonds is 6. The van der Waals surface area contributed by atoms with Crippen LogP contribution < -0.4 is 5.32 Å². The van der Waals surface area contributed by atoms with Crippen molar-refractivity contribution < 1.29 is 0 Å². The van der Waals surface area contributed by atoms with Crippen LogP contribution in [0.4, 0.5) is 0 Å². The summed E-state index contributed by atoms with van der Waals surface area (Å²) in [7, 11) is 1.98. The zero-order chi connectivity index (χ0) is 13.0. The van der Waals surface area contributed by atoms with Gasteiger partial charge in [-0.1, -0.05) is 6.92 Å². The van der Waals surface area contributed by atoms with Crippen molar-refractivity contribution in [3.63, 3.8) is 0 Å². The Kier molecular flexibility index (Phi) is 4.15. The highest BCUT2D eigenvalue weighted by molar-refractivity contribution is 5.10. The molecule has 0 aromatic carbocycles. The molecule has 0 amide bonds. The van der Waals surface area contributed by atoms with E-state index >= 15 is 0 Å². The second-order valence-electron chi connectivity index (χ2n) is 4.61. The van der Waals surface area contributed by atoms with E-state index in [1.54, 1.807) is 0 Å². The molecule has 2 aromatic heterocycles. The Bertz CT molecular complexity index is 497. The number of hydrogen-bond donors (Lipinski definition) is 1. The lowest BCUT2D eigenvalue weighted by Crippen LogP contribution is -2.13. The van der Waals surface area contributed by atoms with E-state index in [2.05, 4.69) is 39.2 Å². The van der Waals surface area contributed by atoms with Crippen LogP contribution in [0.2, 0.25) is 0 Å². The number of nitrogens with zero attached hydrogens (tertiary/aromatic N) is 4. The quantitative estimate of drug-likeness (QED) is 0.786. The highest BCUT2D eigenvalue weighted by Gasteiger charge is 2.04. The fraction of sp³-hybridized carbons (Fsp3) is 0.538. The molecule has 2 rings (SSSR count). The first-order valence-electron chi connectivity index (χ1n) is 6.40. The van der Waals surface area contributed by atoms with Gasteiger partial charge in [-0.2, -0.15) is 5.10 Å². The Balaban J connectivity index is 1.96. The molecule has 0 unspecified atom stereocenters. The van der Waals surface area contributed by atoms with E-state index in [0.717, 1.165) is 37.4 Å². The molecule has 1 N–H and O–H groups in total. The third-order valence-electron chi connectivity index (χ3n) is 2.86. The van der Waals surface area contributed by atoms with E-state index in [4.69, 9.17) is 0 Å². The molecule has 0 bridgehead atoms. The van der Waals surface area contributed by atoms with Gasteiger partial charge in [-0.05, 0) is 26.0 Å². The van der Waals surface area contributed by atoms with Gasteiger partial charge >= 0.3 is 0 Å². The molecule has 0 spiro atoms. The third kappa shape index (κ3) is 3.20. The van der Waals surface area contributed by atoms with Crippen molar-refractivity contribution in [3.05, 3.63) is 35.7 Å². The summed E-state index contributed by atoms with van der Waals surface area (Å²) in [6, 6.07) is 2.11. The second kappa shape index (κ2) is 5.82. The molecule has 18 heavy (non-hydrogen) atoms. The molecule has 0 aliphatic carbocycles. The van der Waals surface area contributed by atoms with E-state index in [1.165, 1.54) is 5.69 Å². The third-order valence-corrected chi connectivity index (χ3v) is 2.86. The Morgan fingerprint density at radius 1 is 1.39 bits per heavy atom. The molecule has 2 heterocycles. The summed E-state index contributed by atoms with van der Waals surface area (Å²) >= 11 is 0. The first kappa shape index (κ1) is 12.8. The molecule has 0 saturated carbocycles.